The zero-order valence-corrected chi connectivity index (χ0v) is 8.16. The number of alkyl halides is 2. The van der Waals surface area contributed by atoms with Gasteiger partial charge in [-0.3, -0.25) is 4.90 Å². The van der Waals surface area contributed by atoms with Crippen LogP contribution in [0.1, 0.15) is 6.42 Å². The van der Waals surface area contributed by atoms with E-state index in [1.807, 2.05) is 0 Å². The largest absolute Gasteiger partial charge is 0.395 e. The molecule has 0 radical (unpaired) electrons. The number of ether oxygens (including phenoxy) is 1. The summed E-state index contributed by atoms with van der Waals surface area (Å²) in [7, 11) is 0. The maximum atomic E-state index is 12.1. The highest BCUT2D eigenvalue weighted by atomic mass is 19.3. The number of aliphatic hydroxyl groups excluding tert-OH is 1. The third kappa shape index (κ3) is 4.30. The van der Waals surface area contributed by atoms with E-state index in [1.165, 1.54) is 0 Å². The summed E-state index contributed by atoms with van der Waals surface area (Å²) in [5.41, 5.74) is 0. The smallest absolute Gasteiger partial charge is 0.251 e. The van der Waals surface area contributed by atoms with Crippen LogP contribution in [0.5, 0.6) is 0 Å². The maximum Gasteiger partial charge on any atom is 0.251 e. The Morgan fingerprint density at radius 3 is 2.79 bits per heavy atom. The van der Waals surface area contributed by atoms with Crippen molar-refractivity contribution in [3.8, 4) is 0 Å². The standard InChI is InChI=1S/C9H17F2NO2/c10-9(11)6-12(2-3-13)5-8-1-4-14-7-8/h8-9,13H,1-7H2. The van der Waals surface area contributed by atoms with Gasteiger partial charge in [-0.15, -0.1) is 0 Å². The summed E-state index contributed by atoms with van der Waals surface area (Å²) < 4.78 is 29.4. The first-order chi connectivity index (χ1) is 6.72. The first-order valence-electron chi connectivity index (χ1n) is 4.91. The topological polar surface area (TPSA) is 32.7 Å². The molecular formula is C9H17F2NO2. The van der Waals surface area contributed by atoms with Gasteiger partial charge in [-0.1, -0.05) is 0 Å². The lowest BCUT2D eigenvalue weighted by atomic mass is 10.1. The van der Waals surface area contributed by atoms with Crippen molar-refractivity contribution < 1.29 is 18.6 Å². The van der Waals surface area contributed by atoms with Gasteiger partial charge in [0.05, 0.1) is 19.8 Å². The molecule has 0 aromatic rings. The van der Waals surface area contributed by atoms with Crippen molar-refractivity contribution in [2.24, 2.45) is 5.92 Å². The lowest BCUT2D eigenvalue weighted by molar-refractivity contribution is 0.0677. The second kappa shape index (κ2) is 6.27. The molecule has 84 valence electrons. The Labute approximate surface area is 82.7 Å². The molecule has 0 aromatic heterocycles. The fourth-order valence-electron chi connectivity index (χ4n) is 1.69. The Kier molecular flexibility index (Phi) is 5.29. The lowest BCUT2D eigenvalue weighted by Crippen LogP contribution is -2.36. The summed E-state index contributed by atoms with van der Waals surface area (Å²) in [6.07, 6.45) is -1.39. The van der Waals surface area contributed by atoms with E-state index in [2.05, 4.69) is 0 Å². The minimum absolute atomic E-state index is 0.0691. The maximum absolute atomic E-state index is 12.1. The Morgan fingerprint density at radius 2 is 2.29 bits per heavy atom. The second-order valence-electron chi connectivity index (χ2n) is 3.60. The predicted octanol–water partition coefficient (Wildman–Crippen LogP) is 0.582. The van der Waals surface area contributed by atoms with E-state index in [0.29, 0.717) is 25.6 Å². The zero-order chi connectivity index (χ0) is 10.4. The summed E-state index contributed by atoms with van der Waals surface area (Å²) in [5.74, 6) is 0.347. The van der Waals surface area contributed by atoms with E-state index >= 15 is 0 Å². The third-order valence-electron chi connectivity index (χ3n) is 2.35. The van der Waals surface area contributed by atoms with Crippen LogP contribution in [0, 0.1) is 5.92 Å². The number of hydrogen-bond acceptors (Lipinski definition) is 3. The van der Waals surface area contributed by atoms with Crippen molar-refractivity contribution in [2.75, 3.05) is 39.5 Å². The van der Waals surface area contributed by atoms with Gasteiger partial charge in [0.15, 0.2) is 0 Å². The van der Waals surface area contributed by atoms with Crippen LogP contribution in [-0.2, 0) is 4.74 Å². The summed E-state index contributed by atoms with van der Waals surface area (Å²) in [5, 5.41) is 8.71. The predicted molar refractivity (Wildman–Crippen MR) is 48.5 cm³/mol. The van der Waals surface area contributed by atoms with Crippen LogP contribution in [0.2, 0.25) is 0 Å². The molecule has 1 atom stereocenters. The van der Waals surface area contributed by atoms with Crippen molar-refractivity contribution in [3.05, 3.63) is 0 Å². The Bertz CT molecular complexity index is 152. The van der Waals surface area contributed by atoms with Gasteiger partial charge in [-0.2, -0.15) is 0 Å². The normalized spacial score (nSPS) is 22.5. The quantitative estimate of drug-likeness (QED) is 0.694. The fourth-order valence-corrected chi connectivity index (χ4v) is 1.69. The van der Waals surface area contributed by atoms with Crippen molar-refractivity contribution >= 4 is 0 Å². The lowest BCUT2D eigenvalue weighted by Gasteiger charge is -2.23. The molecular weight excluding hydrogens is 192 g/mol. The van der Waals surface area contributed by atoms with Gasteiger partial charge in [-0.25, -0.2) is 8.78 Å². The molecule has 1 N–H and O–H groups in total. The van der Waals surface area contributed by atoms with Gasteiger partial charge in [0.1, 0.15) is 0 Å². The van der Waals surface area contributed by atoms with Gasteiger partial charge in [-0.05, 0) is 12.3 Å². The van der Waals surface area contributed by atoms with Gasteiger partial charge >= 0.3 is 0 Å². The minimum atomic E-state index is -2.33. The summed E-state index contributed by atoms with van der Waals surface area (Å²) in [6, 6.07) is 0. The molecule has 0 aliphatic carbocycles. The molecule has 3 nitrogen and oxygen atoms in total. The number of rotatable bonds is 6. The van der Waals surface area contributed by atoms with Crippen LogP contribution >= 0.6 is 0 Å². The van der Waals surface area contributed by atoms with Crippen molar-refractivity contribution in [3.63, 3.8) is 0 Å². The van der Waals surface area contributed by atoms with E-state index < -0.39 is 6.43 Å². The molecule has 1 aliphatic heterocycles. The number of nitrogens with zero attached hydrogens (tertiary/aromatic N) is 1. The molecule has 14 heavy (non-hydrogen) atoms. The SMILES string of the molecule is OCCN(CC(F)F)CC1CCOC1. The van der Waals surface area contributed by atoms with Gasteiger partial charge < -0.3 is 9.84 Å². The van der Waals surface area contributed by atoms with Crippen LogP contribution in [0.4, 0.5) is 8.78 Å². The zero-order valence-electron chi connectivity index (χ0n) is 8.16. The molecule has 0 spiro atoms. The summed E-state index contributed by atoms with van der Waals surface area (Å²) in [6.45, 7) is 1.99. The molecule has 1 aliphatic rings. The fraction of sp³-hybridized carbons (Fsp3) is 1.00. The average Bonchev–Trinajstić information content (AvgIpc) is 2.56. The van der Waals surface area contributed by atoms with Crippen LogP contribution in [0.25, 0.3) is 0 Å². The number of hydrogen-bond donors (Lipinski definition) is 1. The van der Waals surface area contributed by atoms with E-state index in [-0.39, 0.29) is 13.2 Å². The first-order valence-corrected chi connectivity index (χ1v) is 4.91. The Balaban J connectivity index is 2.25. The molecule has 0 bridgehead atoms. The molecule has 1 heterocycles. The molecule has 1 saturated heterocycles. The third-order valence-corrected chi connectivity index (χ3v) is 2.35. The van der Waals surface area contributed by atoms with Crippen LogP contribution < -0.4 is 0 Å². The van der Waals surface area contributed by atoms with Crippen LogP contribution in [0.15, 0.2) is 0 Å². The van der Waals surface area contributed by atoms with E-state index in [9.17, 15) is 8.78 Å². The van der Waals surface area contributed by atoms with Crippen molar-refractivity contribution in [2.45, 2.75) is 12.8 Å². The van der Waals surface area contributed by atoms with E-state index in [0.717, 1.165) is 13.0 Å². The average molecular weight is 209 g/mol. The van der Waals surface area contributed by atoms with E-state index in [4.69, 9.17) is 9.84 Å². The highest BCUT2D eigenvalue weighted by Gasteiger charge is 2.20. The van der Waals surface area contributed by atoms with Gasteiger partial charge in [0.25, 0.3) is 6.43 Å². The molecule has 1 rings (SSSR count). The molecule has 0 aromatic carbocycles. The Hall–Kier alpha value is -0.260. The van der Waals surface area contributed by atoms with Crippen LogP contribution in [-0.4, -0.2) is 55.9 Å². The molecule has 0 saturated carbocycles. The minimum Gasteiger partial charge on any atom is -0.395 e. The molecule has 1 fully saturated rings. The number of aliphatic hydroxyl groups is 1. The van der Waals surface area contributed by atoms with Gasteiger partial charge in [0.2, 0.25) is 0 Å². The number of halogens is 2. The summed E-state index contributed by atoms with van der Waals surface area (Å²) in [4.78, 5) is 1.60. The monoisotopic (exact) mass is 209 g/mol. The second-order valence-corrected chi connectivity index (χ2v) is 3.60. The molecule has 5 heteroatoms. The van der Waals surface area contributed by atoms with E-state index in [1.54, 1.807) is 4.90 Å². The first kappa shape index (κ1) is 11.8. The Morgan fingerprint density at radius 1 is 1.50 bits per heavy atom. The molecule has 1 unspecified atom stereocenters. The van der Waals surface area contributed by atoms with Gasteiger partial charge in [0, 0.05) is 19.7 Å². The highest BCUT2D eigenvalue weighted by Crippen LogP contribution is 2.14. The van der Waals surface area contributed by atoms with Crippen LogP contribution in [0.3, 0.4) is 0 Å². The summed E-state index contributed by atoms with van der Waals surface area (Å²) >= 11 is 0. The molecule has 0 amide bonds. The van der Waals surface area contributed by atoms with Crippen molar-refractivity contribution in [1.82, 2.24) is 4.90 Å². The highest BCUT2D eigenvalue weighted by molar-refractivity contribution is 4.70. The van der Waals surface area contributed by atoms with Crippen molar-refractivity contribution in [1.29, 1.82) is 0 Å².